The monoisotopic (exact) mass is 338 g/mol. The highest BCUT2D eigenvalue weighted by Gasteiger charge is 2.28. The van der Waals surface area contributed by atoms with Gasteiger partial charge in [-0.1, -0.05) is 32.6 Å². The Labute approximate surface area is 146 Å². The highest BCUT2D eigenvalue weighted by molar-refractivity contribution is 5.80. The van der Waals surface area contributed by atoms with Crippen molar-refractivity contribution in [1.82, 2.24) is 0 Å². The lowest BCUT2D eigenvalue weighted by atomic mass is 9.95. The molecule has 138 valence electrons. The first-order valence-corrected chi connectivity index (χ1v) is 10.1. The fourth-order valence-electron chi connectivity index (χ4n) is 3.82. The van der Waals surface area contributed by atoms with E-state index in [9.17, 15) is 9.59 Å². The van der Waals surface area contributed by atoms with Crippen LogP contribution in [-0.2, 0) is 19.1 Å². The highest BCUT2D eigenvalue weighted by Crippen LogP contribution is 2.25. The smallest absolute Gasteiger partial charge is 0.309 e. The number of hydrogen-bond donors (Lipinski definition) is 0. The number of unbranched alkanes of at least 4 members (excludes halogenated alkanes) is 1. The summed E-state index contributed by atoms with van der Waals surface area (Å²) in [4.78, 5) is 24.8. The molecule has 1 atom stereocenters. The van der Waals surface area contributed by atoms with Crippen LogP contribution < -0.4 is 0 Å². The average molecular weight is 338 g/mol. The molecule has 0 aromatic carbocycles. The van der Waals surface area contributed by atoms with Crippen molar-refractivity contribution < 1.29 is 19.1 Å². The summed E-state index contributed by atoms with van der Waals surface area (Å²) in [5.74, 6) is -0.734. The van der Waals surface area contributed by atoms with E-state index in [1.165, 1.54) is 12.8 Å². The fourth-order valence-corrected chi connectivity index (χ4v) is 3.82. The molecular weight excluding hydrogens is 304 g/mol. The van der Waals surface area contributed by atoms with Gasteiger partial charge in [-0.2, -0.15) is 0 Å². The molecule has 2 rings (SSSR count). The van der Waals surface area contributed by atoms with E-state index in [0.717, 1.165) is 70.6 Å². The minimum Gasteiger partial charge on any atom is -0.462 e. The molecule has 0 amide bonds. The van der Waals surface area contributed by atoms with Crippen molar-refractivity contribution in [2.45, 2.75) is 109 Å². The summed E-state index contributed by atoms with van der Waals surface area (Å²) in [6, 6.07) is 0. The van der Waals surface area contributed by atoms with Crippen LogP contribution in [0.25, 0.3) is 0 Å². The van der Waals surface area contributed by atoms with Gasteiger partial charge in [0.2, 0.25) is 0 Å². The zero-order valence-electron chi connectivity index (χ0n) is 15.3. The van der Waals surface area contributed by atoms with Crippen molar-refractivity contribution in [2.75, 3.05) is 0 Å². The van der Waals surface area contributed by atoms with Crippen LogP contribution in [-0.4, -0.2) is 24.1 Å². The van der Waals surface area contributed by atoms with Crippen LogP contribution in [0.4, 0.5) is 0 Å². The van der Waals surface area contributed by atoms with Crippen molar-refractivity contribution in [1.29, 1.82) is 0 Å². The standard InChI is InChI=1S/C20H34O4/c1-2-3-10-16(20(22)24-18-13-8-5-9-14-18)15-19(21)23-17-11-6-4-7-12-17/h16-18H,2-15H2,1H3. The number of esters is 2. The first-order chi connectivity index (χ1) is 11.7. The van der Waals surface area contributed by atoms with Crippen molar-refractivity contribution in [2.24, 2.45) is 5.92 Å². The van der Waals surface area contributed by atoms with E-state index < -0.39 is 0 Å². The first kappa shape index (κ1) is 19.3. The first-order valence-electron chi connectivity index (χ1n) is 10.1. The van der Waals surface area contributed by atoms with Crippen LogP contribution in [0.1, 0.15) is 96.8 Å². The molecule has 2 aliphatic rings. The van der Waals surface area contributed by atoms with E-state index in [-0.39, 0.29) is 36.5 Å². The Morgan fingerprint density at radius 1 is 0.875 bits per heavy atom. The van der Waals surface area contributed by atoms with Crippen LogP contribution in [0.15, 0.2) is 0 Å². The third-order valence-corrected chi connectivity index (χ3v) is 5.34. The molecule has 2 saturated carbocycles. The summed E-state index contributed by atoms with van der Waals surface area (Å²) in [6.07, 6.45) is 13.9. The normalized spacial score (nSPS) is 21.2. The molecule has 0 N–H and O–H groups in total. The SMILES string of the molecule is CCCCC(CC(=O)OC1CCCCC1)C(=O)OC1CCCCC1. The molecule has 4 heteroatoms. The highest BCUT2D eigenvalue weighted by atomic mass is 16.6. The van der Waals surface area contributed by atoms with Gasteiger partial charge < -0.3 is 9.47 Å². The van der Waals surface area contributed by atoms with Crippen LogP contribution in [0.2, 0.25) is 0 Å². The molecule has 0 aliphatic heterocycles. The van der Waals surface area contributed by atoms with Gasteiger partial charge in [-0.25, -0.2) is 0 Å². The summed E-state index contributed by atoms with van der Waals surface area (Å²) in [5, 5.41) is 0. The summed E-state index contributed by atoms with van der Waals surface area (Å²) >= 11 is 0. The van der Waals surface area contributed by atoms with Gasteiger partial charge in [0.1, 0.15) is 12.2 Å². The maximum Gasteiger partial charge on any atom is 0.309 e. The quantitative estimate of drug-likeness (QED) is 0.589. The van der Waals surface area contributed by atoms with Gasteiger partial charge in [0.05, 0.1) is 12.3 Å². The Morgan fingerprint density at radius 2 is 1.42 bits per heavy atom. The van der Waals surface area contributed by atoms with Crippen LogP contribution in [0, 0.1) is 5.92 Å². The Balaban J connectivity index is 1.81. The molecule has 0 spiro atoms. The van der Waals surface area contributed by atoms with Gasteiger partial charge in [-0.15, -0.1) is 0 Å². The lowest BCUT2D eigenvalue weighted by molar-refractivity contribution is -0.162. The summed E-state index contributed by atoms with van der Waals surface area (Å²) < 4.78 is 11.3. The molecule has 0 radical (unpaired) electrons. The van der Waals surface area contributed by atoms with E-state index >= 15 is 0 Å². The topological polar surface area (TPSA) is 52.6 Å². The average Bonchev–Trinajstić information content (AvgIpc) is 2.60. The van der Waals surface area contributed by atoms with Gasteiger partial charge in [0.25, 0.3) is 0 Å². The summed E-state index contributed by atoms with van der Waals surface area (Å²) in [7, 11) is 0. The van der Waals surface area contributed by atoms with Crippen LogP contribution in [0.5, 0.6) is 0 Å². The summed E-state index contributed by atoms with van der Waals surface area (Å²) in [6.45, 7) is 2.10. The minimum atomic E-state index is -0.331. The summed E-state index contributed by atoms with van der Waals surface area (Å²) in [5.41, 5.74) is 0. The number of hydrogen-bond acceptors (Lipinski definition) is 4. The predicted octanol–water partition coefficient (Wildman–Crippen LogP) is 4.93. The zero-order chi connectivity index (χ0) is 17.2. The molecular formula is C20H34O4. The molecule has 2 aliphatic carbocycles. The molecule has 24 heavy (non-hydrogen) atoms. The second-order valence-electron chi connectivity index (χ2n) is 7.49. The number of ether oxygens (including phenoxy) is 2. The maximum absolute atomic E-state index is 12.5. The second kappa shape index (κ2) is 10.7. The second-order valence-corrected chi connectivity index (χ2v) is 7.49. The Hall–Kier alpha value is -1.06. The molecule has 1 unspecified atom stereocenters. The van der Waals surface area contributed by atoms with E-state index in [0.29, 0.717) is 0 Å². The van der Waals surface area contributed by atoms with Crippen LogP contribution >= 0.6 is 0 Å². The van der Waals surface area contributed by atoms with Crippen molar-refractivity contribution in [3.05, 3.63) is 0 Å². The van der Waals surface area contributed by atoms with E-state index in [1.807, 2.05) is 0 Å². The van der Waals surface area contributed by atoms with Crippen molar-refractivity contribution in [3.8, 4) is 0 Å². The fraction of sp³-hybridized carbons (Fsp3) is 0.900. The molecule has 0 saturated heterocycles. The van der Waals surface area contributed by atoms with E-state index in [1.54, 1.807) is 0 Å². The van der Waals surface area contributed by atoms with Crippen LogP contribution in [0.3, 0.4) is 0 Å². The Morgan fingerprint density at radius 3 is 1.96 bits per heavy atom. The van der Waals surface area contributed by atoms with E-state index in [4.69, 9.17) is 9.47 Å². The predicted molar refractivity (Wildman–Crippen MR) is 93.6 cm³/mol. The largest absolute Gasteiger partial charge is 0.462 e. The lowest BCUT2D eigenvalue weighted by Crippen LogP contribution is -2.29. The molecule has 0 heterocycles. The van der Waals surface area contributed by atoms with Gasteiger partial charge in [-0.3, -0.25) is 9.59 Å². The number of carbonyl (C=O) groups is 2. The van der Waals surface area contributed by atoms with Gasteiger partial charge in [0, 0.05) is 0 Å². The molecule has 0 aromatic rings. The third kappa shape index (κ3) is 6.82. The van der Waals surface area contributed by atoms with Gasteiger partial charge in [0.15, 0.2) is 0 Å². The third-order valence-electron chi connectivity index (χ3n) is 5.34. The molecule has 0 aromatic heterocycles. The zero-order valence-corrected chi connectivity index (χ0v) is 15.3. The van der Waals surface area contributed by atoms with Gasteiger partial charge >= 0.3 is 11.9 Å². The molecule has 4 nitrogen and oxygen atoms in total. The number of carbonyl (C=O) groups excluding carboxylic acids is 2. The maximum atomic E-state index is 12.5. The molecule has 2 fully saturated rings. The lowest BCUT2D eigenvalue weighted by Gasteiger charge is -2.25. The number of rotatable bonds is 8. The minimum absolute atomic E-state index is 0.0599. The van der Waals surface area contributed by atoms with Crippen molar-refractivity contribution in [3.63, 3.8) is 0 Å². The Bertz CT molecular complexity index is 381. The Kier molecular flexibility index (Phi) is 8.62. The van der Waals surface area contributed by atoms with E-state index in [2.05, 4.69) is 6.92 Å². The molecule has 0 bridgehead atoms. The van der Waals surface area contributed by atoms with Crippen molar-refractivity contribution >= 4 is 11.9 Å². The van der Waals surface area contributed by atoms with Gasteiger partial charge in [-0.05, 0) is 57.8 Å².